The Kier molecular flexibility index (Phi) is 4.55. The number of nitrogens with zero attached hydrogens (tertiary/aromatic N) is 1. The first-order chi connectivity index (χ1) is 6.63. The molecule has 0 bridgehead atoms. The van der Waals surface area contributed by atoms with Crippen molar-refractivity contribution in [3.63, 3.8) is 0 Å². The van der Waals surface area contributed by atoms with Crippen LogP contribution in [0.2, 0.25) is 0 Å². The zero-order chi connectivity index (χ0) is 10.6. The fraction of sp³-hybridized carbons (Fsp3) is 0.727. The Morgan fingerprint density at radius 2 is 2.29 bits per heavy atom. The third-order valence-corrected chi connectivity index (χ3v) is 3.44. The van der Waals surface area contributed by atoms with Crippen LogP contribution in [0.1, 0.15) is 37.4 Å². The molecule has 2 atom stereocenters. The van der Waals surface area contributed by atoms with Crippen LogP contribution >= 0.6 is 11.3 Å². The van der Waals surface area contributed by atoms with Crippen LogP contribution in [0.4, 0.5) is 0 Å². The predicted molar refractivity (Wildman–Crippen MR) is 60.6 cm³/mol. The molecule has 1 N–H and O–H groups in total. The fourth-order valence-electron chi connectivity index (χ4n) is 1.52. The highest BCUT2D eigenvalue weighted by molar-refractivity contribution is 7.09. The Hall–Kier alpha value is -0.410. The summed E-state index contributed by atoms with van der Waals surface area (Å²) in [4.78, 5) is 4.35. The number of aromatic nitrogens is 1. The first-order valence-corrected chi connectivity index (χ1v) is 6.10. The number of aliphatic hydroxyl groups excluding tert-OH is 1. The van der Waals surface area contributed by atoms with E-state index in [9.17, 15) is 5.11 Å². The number of thiazole rings is 1. The summed E-state index contributed by atoms with van der Waals surface area (Å²) < 4.78 is 0. The minimum absolute atomic E-state index is 0.236. The van der Waals surface area contributed by atoms with Gasteiger partial charge in [0.15, 0.2) is 0 Å². The summed E-state index contributed by atoms with van der Waals surface area (Å²) in [6.45, 7) is 6.24. The second kappa shape index (κ2) is 5.47. The smallest absolute Gasteiger partial charge is 0.0954 e. The molecule has 14 heavy (non-hydrogen) atoms. The van der Waals surface area contributed by atoms with Crippen LogP contribution in [0.25, 0.3) is 0 Å². The van der Waals surface area contributed by atoms with Crippen molar-refractivity contribution in [2.45, 2.75) is 46.1 Å². The average molecular weight is 213 g/mol. The van der Waals surface area contributed by atoms with Crippen molar-refractivity contribution in [2.75, 3.05) is 0 Å². The second-order valence-electron chi connectivity index (χ2n) is 3.92. The lowest BCUT2D eigenvalue weighted by atomic mass is 9.97. The lowest BCUT2D eigenvalue weighted by Crippen LogP contribution is -2.20. The van der Waals surface area contributed by atoms with Gasteiger partial charge >= 0.3 is 0 Å². The molecule has 0 aliphatic carbocycles. The van der Waals surface area contributed by atoms with Crippen LogP contribution in [0.15, 0.2) is 5.38 Å². The lowest BCUT2D eigenvalue weighted by Gasteiger charge is -2.16. The summed E-state index contributed by atoms with van der Waals surface area (Å²) in [6, 6.07) is 0. The Balaban J connectivity index is 2.43. The molecule has 0 spiro atoms. The number of aliphatic hydroxyl groups is 1. The molecule has 3 heteroatoms. The van der Waals surface area contributed by atoms with Crippen molar-refractivity contribution >= 4 is 11.3 Å². The van der Waals surface area contributed by atoms with Gasteiger partial charge in [0.05, 0.1) is 11.1 Å². The summed E-state index contributed by atoms with van der Waals surface area (Å²) in [5.41, 5.74) is 1.06. The van der Waals surface area contributed by atoms with E-state index in [1.54, 1.807) is 11.3 Å². The summed E-state index contributed by atoms with van der Waals surface area (Å²) in [5, 5.41) is 13.0. The molecule has 0 aliphatic heterocycles. The number of aryl methyl sites for hydroxylation is 1. The molecular weight excluding hydrogens is 194 g/mol. The third kappa shape index (κ3) is 3.39. The first kappa shape index (κ1) is 11.7. The van der Waals surface area contributed by atoms with Crippen LogP contribution in [0, 0.1) is 12.8 Å². The Morgan fingerprint density at radius 3 is 2.79 bits per heavy atom. The maximum atomic E-state index is 9.88. The van der Waals surface area contributed by atoms with Crippen LogP contribution in [-0.2, 0) is 6.42 Å². The van der Waals surface area contributed by atoms with Crippen molar-refractivity contribution in [3.05, 3.63) is 16.1 Å². The minimum atomic E-state index is -0.236. The van der Waals surface area contributed by atoms with Crippen LogP contribution in [0.3, 0.4) is 0 Å². The van der Waals surface area contributed by atoms with Gasteiger partial charge in [-0.15, -0.1) is 11.3 Å². The second-order valence-corrected chi connectivity index (χ2v) is 4.86. The van der Waals surface area contributed by atoms with Gasteiger partial charge in [-0.3, -0.25) is 0 Å². The van der Waals surface area contributed by atoms with Gasteiger partial charge in [0.25, 0.3) is 0 Å². The molecule has 0 aliphatic rings. The average Bonchev–Trinajstić information content (AvgIpc) is 2.51. The Morgan fingerprint density at radius 1 is 1.57 bits per heavy atom. The maximum absolute atomic E-state index is 9.88. The van der Waals surface area contributed by atoms with Crippen molar-refractivity contribution in [1.29, 1.82) is 0 Å². The summed E-state index contributed by atoms with van der Waals surface area (Å²) in [6.07, 6.45) is 2.70. The molecular formula is C11H19NOS. The van der Waals surface area contributed by atoms with Crippen LogP contribution < -0.4 is 0 Å². The van der Waals surface area contributed by atoms with E-state index in [1.807, 2.05) is 12.3 Å². The standard InChI is InChI=1S/C11H19NOS/c1-4-5-8(2)10(13)6-11-12-9(3)7-14-11/h7-8,10,13H,4-6H2,1-3H3. The molecule has 2 unspecified atom stereocenters. The quantitative estimate of drug-likeness (QED) is 0.816. The largest absolute Gasteiger partial charge is 0.392 e. The van der Waals surface area contributed by atoms with Crippen molar-refractivity contribution in [1.82, 2.24) is 4.98 Å². The number of hydrogen-bond donors (Lipinski definition) is 1. The molecule has 0 saturated carbocycles. The molecule has 0 saturated heterocycles. The summed E-state index contributed by atoms with van der Waals surface area (Å²) in [7, 11) is 0. The molecule has 1 aromatic rings. The van der Waals surface area contributed by atoms with Crippen molar-refractivity contribution in [2.24, 2.45) is 5.92 Å². The fourth-order valence-corrected chi connectivity index (χ4v) is 2.35. The highest BCUT2D eigenvalue weighted by Gasteiger charge is 2.15. The van der Waals surface area contributed by atoms with Gasteiger partial charge in [0.2, 0.25) is 0 Å². The van der Waals surface area contributed by atoms with Gasteiger partial charge in [-0.2, -0.15) is 0 Å². The first-order valence-electron chi connectivity index (χ1n) is 5.22. The van der Waals surface area contributed by atoms with Gasteiger partial charge in [0, 0.05) is 17.5 Å². The number of hydrogen-bond acceptors (Lipinski definition) is 3. The molecule has 0 amide bonds. The Labute approximate surface area is 90.0 Å². The highest BCUT2D eigenvalue weighted by Crippen LogP contribution is 2.17. The molecule has 0 radical (unpaired) electrons. The molecule has 1 rings (SSSR count). The minimum Gasteiger partial charge on any atom is -0.392 e. The molecule has 0 fully saturated rings. The van der Waals surface area contributed by atoms with Gasteiger partial charge in [0.1, 0.15) is 0 Å². The predicted octanol–water partition coefficient (Wildman–Crippen LogP) is 2.79. The van der Waals surface area contributed by atoms with E-state index in [0.717, 1.165) is 23.5 Å². The van der Waals surface area contributed by atoms with E-state index in [4.69, 9.17) is 0 Å². The van der Waals surface area contributed by atoms with Crippen LogP contribution in [-0.4, -0.2) is 16.2 Å². The van der Waals surface area contributed by atoms with E-state index < -0.39 is 0 Å². The van der Waals surface area contributed by atoms with Gasteiger partial charge < -0.3 is 5.11 Å². The zero-order valence-electron chi connectivity index (χ0n) is 9.16. The third-order valence-electron chi connectivity index (χ3n) is 2.45. The monoisotopic (exact) mass is 213 g/mol. The van der Waals surface area contributed by atoms with E-state index in [2.05, 4.69) is 18.8 Å². The summed E-state index contributed by atoms with van der Waals surface area (Å²) >= 11 is 1.64. The molecule has 0 aromatic carbocycles. The van der Waals surface area contributed by atoms with Crippen LogP contribution in [0.5, 0.6) is 0 Å². The highest BCUT2D eigenvalue weighted by atomic mass is 32.1. The van der Waals surface area contributed by atoms with E-state index in [1.165, 1.54) is 0 Å². The van der Waals surface area contributed by atoms with E-state index >= 15 is 0 Å². The molecule has 80 valence electrons. The Bertz CT molecular complexity index is 272. The number of rotatable bonds is 5. The van der Waals surface area contributed by atoms with Crippen molar-refractivity contribution in [3.8, 4) is 0 Å². The van der Waals surface area contributed by atoms with E-state index in [-0.39, 0.29) is 6.10 Å². The zero-order valence-corrected chi connectivity index (χ0v) is 9.97. The van der Waals surface area contributed by atoms with Gasteiger partial charge in [-0.05, 0) is 19.3 Å². The molecule has 2 nitrogen and oxygen atoms in total. The lowest BCUT2D eigenvalue weighted by molar-refractivity contribution is 0.111. The molecule has 1 heterocycles. The van der Waals surface area contributed by atoms with E-state index in [0.29, 0.717) is 12.3 Å². The molecule has 1 aromatic heterocycles. The van der Waals surface area contributed by atoms with Gasteiger partial charge in [-0.1, -0.05) is 20.3 Å². The normalized spacial score (nSPS) is 15.4. The maximum Gasteiger partial charge on any atom is 0.0954 e. The van der Waals surface area contributed by atoms with Gasteiger partial charge in [-0.25, -0.2) is 4.98 Å². The SMILES string of the molecule is CCCC(C)C(O)Cc1nc(C)cs1. The topological polar surface area (TPSA) is 33.1 Å². The summed E-state index contributed by atoms with van der Waals surface area (Å²) in [5.74, 6) is 0.379. The van der Waals surface area contributed by atoms with Crippen molar-refractivity contribution < 1.29 is 5.11 Å².